The molecular formula is C24H21ClN6O. The van der Waals surface area contributed by atoms with Crippen molar-refractivity contribution < 1.29 is 4.79 Å². The molecule has 6 rings (SSSR count). The Bertz CT molecular complexity index is 1340. The molecule has 1 aliphatic heterocycles. The van der Waals surface area contributed by atoms with Gasteiger partial charge in [-0.1, -0.05) is 36.7 Å². The molecule has 1 unspecified atom stereocenters. The second-order valence-corrected chi connectivity index (χ2v) is 8.97. The summed E-state index contributed by atoms with van der Waals surface area (Å²) >= 11 is 6.37. The van der Waals surface area contributed by atoms with Crippen molar-refractivity contribution in [1.29, 1.82) is 0 Å². The lowest BCUT2D eigenvalue weighted by Gasteiger charge is -2.23. The van der Waals surface area contributed by atoms with Crippen LogP contribution in [0.15, 0.2) is 55.0 Å². The lowest BCUT2D eigenvalue weighted by molar-refractivity contribution is -0.122. The Morgan fingerprint density at radius 3 is 2.81 bits per heavy atom. The number of hydrogen-bond donors (Lipinski definition) is 1. The van der Waals surface area contributed by atoms with E-state index in [1.807, 2.05) is 35.1 Å². The van der Waals surface area contributed by atoms with Gasteiger partial charge in [-0.25, -0.2) is 0 Å². The first-order valence-corrected chi connectivity index (χ1v) is 11.1. The second-order valence-electron chi connectivity index (χ2n) is 8.54. The van der Waals surface area contributed by atoms with E-state index in [-0.39, 0.29) is 5.91 Å². The molecule has 0 saturated carbocycles. The van der Waals surface area contributed by atoms with Gasteiger partial charge in [0.2, 0.25) is 5.91 Å². The van der Waals surface area contributed by atoms with Crippen molar-refractivity contribution in [2.45, 2.75) is 38.1 Å². The van der Waals surface area contributed by atoms with Gasteiger partial charge in [0, 0.05) is 23.3 Å². The molecule has 0 radical (unpaired) electrons. The van der Waals surface area contributed by atoms with Crippen LogP contribution in [-0.2, 0) is 29.6 Å². The molecule has 8 heteroatoms. The maximum atomic E-state index is 14.1. The fraction of sp³-hybridized carbons (Fsp3) is 0.250. The Labute approximate surface area is 190 Å². The van der Waals surface area contributed by atoms with Gasteiger partial charge < -0.3 is 0 Å². The summed E-state index contributed by atoms with van der Waals surface area (Å²) in [6.45, 7) is 2.92. The van der Waals surface area contributed by atoms with E-state index in [0.717, 1.165) is 41.2 Å². The third-order valence-corrected chi connectivity index (χ3v) is 6.80. The van der Waals surface area contributed by atoms with Crippen molar-refractivity contribution in [3.63, 3.8) is 0 Å². The van der Waals surface area contributed by atoms with Crippen molar-refractivity contribution in [2.75, 3.05) is 4.90 Å². The summed E-state index contributed by atoms with van der Waals surface area (Å²) in [7, 11) is 0. The molecule has 1 N–H and O–H groups in total. The van der Waals surface area contributed by atoms with Crippen molar-refractivity contribution >= 4 is 28.9 Å². The van der Waals surface area contributed by atoms with Crippen LogP contribution in [-0.4, -0.2) is 31.1 Å². The number of carbonyl (C=O) groups is 1. The van der Waals surface area contributed by atoms with E-state index in [9.17, 15) is 4.79 Å². The van der Waals surface area contributed by atoms with Crippen molar-refractivity contribution in [3.8, 4) is 11.3 Å². The summed E-state index contributed by atoms with van der Waals surface area (Å²) < 4.78 is 1.88. The quantitative estimate of drug-likeness (QED) is 0.504. The van der Waals surface area contributed by atoms with Crippen molar-refractivity contribution in [3.05, 3.63) is 76.7 Å². The predicted octanol–water partition coefficient (Wildman–Crippen LogP) is 4.45. The number of aromatic nitrogens is 5. The summed E-state index contributed by atoms with van der Waals surface area (Å²) in [4.78, 5) is 15.9. The molecule has 7 nitrogen and oxygen atoms in total. The van der Waals surface area contributed by atoms with Gasteiger partial charge in [-0.2, -0.15) is 20.5 Å². The number of halogens is 1. The Hall–Kier alpha value is -3.45. The van der Waals surface area contributed by atoms with Gasteiger partial charge in [-0.15, -0.1) is 0 Å². The number of nitrogens with one attached hydrogen (secondary N) is 1. The minimum absolute atomic E-state index is 0.0741. The molecule has 160 valence electrons. The third-order valence-electron chi connectivity index (χ3n) is 6.56. The molecule has 0 bridgehead atoms. The van der Waals surface area contributed by atoms with E-state index < -0.39 is 5.41 Å². The number of hydrogen-bond acceptors (Lipinski definition) is 4. The zero-order valence-electron chi connectivity index (χ0n) is 17.5. The van der Waals surface area contributed by atoms with Gasteiger partial charge in [-0.05, 0) is 54.2 Å². The average molecular weight is 445 g/mol. The smallest absolute Gasteiger partial charge is 0.243 e. The zero-order chi connectivity index (χ0) is 21.9. The number of benzene rings is 2. The molecule has 2 aliphatic rings. The minimum atomic E-state index is -0.641. The highest BCUT2D eigenvalue weighted by Gasteiger charge is 2.54. The molecule has 4 aromatic rings. The monoisotopic (exact) mass is 444 g/mol. The first-order chi connectivity index (χ1) is 15.6. The van der Waals surface area contributed by atoms with E-state index >= 15 is 0 Å². The van der Waals surface area contributed by atoms with Gasteiger partial charge in [0.05, 0.1) is 29.2 Å². The molecule has 32 heavy (non-hydrogen) atoms. The van der Waals surface area contributed by atoms with E-state index in [1.54, 1.807) is 17.3 Å². The molecule has 1 atom stereocenters. The molecule has 1 aliphatic carbocycles. The standard InChI is InChI=1S/C24H21ClN6O/c1-2-7-30-14-19(12-27-30)31-22-9-18(25)5-6-20(22)24(23(31)32)10-16-4-3-15(8-17(16)11-24)21-13-26-29-28-21/h3-6,8-9,12-14H,2,7,10-11H2,1H3,(H,26,28,29). The summed E-state index contributed by atoms with van der Waals surface area (Å²) in [5, 5.41) is 15.8. The van der Waals surface area contributed by atoms with Crippen LogP contribution in [0, 0.1) is 0 Å². The van der Waals surface area contributed by atoms with Crippen LogP contribution in [0.1, 0.15) is 30.0 Å². The SMILES string of the molecule is CCCn1cc(N2C(=O)C3(Cc4ccc(-c5cn[nH]n5)cc4C3)c3ccc(Cl)cc32)cn1. The van der Waals surface area contributed by atoms with Crippen molar-refractivity contribution in [2.24, 2.45) is 0 Å². The maximum absolute atomic E-state index is 14.1. The Balaban J connectivity index is 1.44. The molecule has 3 heterocycles. The highest BCUT2D eigenvalue weighted by molar-refractivity contribution is 6.31. The molecule has 2 aromatic heterocycles. The van der Waals surface area contributed by atoms with E-state index in [1.165, 1.54) is 11.1 Å². The predicted molar refractivity (Wildman–Crippen MR) is 122 cm³/mol. The largest absolute Gasteiger partial charge is 0.277 e. The lowest BCUT2D eigenvalue weighted by Crippen LogP contribution is -2.39. The number of fused-ring (bicyclic) bond motifs is 3. The van der Waals surface area contributed by atoms with Gasteiger partial charge >= 0.3 is 0 Å². The number of anilines is 2. The Morgan fingerprint density at radius 1 is 1.12 bits per heavy atom. The highest BCUT2D eigenvalue weighted by Crippen LogP contribution is 2.53. The third kappa shape index (κ3) is 2.74. The van der Waals surface area contributed by atoms with Crippen LogP contribution in [0.5, 0.6) is 0 Å². The topological polar surface area (TPSA) is 79.7 Å². The number of amides is 1. The minimum Gasteiger partial charge on any atom is -0.277 e. The van der Waals surface area contributed by atoms with Crippen molar-refractivity contribution in [1.82, 2.24) is 25.2 Å². The van der Waals surface area contributed by atoms with Gasteiger partial charge in [0.25, 0.3) is 0 Å². The summed E-state index contributed by atoms with van der Waals surface area (Å²) in [5.74, 6) is 0.0741. The number of H-pyrrole nitrogens is 1. The number of aryl methyl sites for hydroxylation is 1. The van der Waals surface area contributed by atoms with Crippen LogP contribution < -0.4 is 4.90 Å². The second kappa shape index (κ2) is 7.03. The number of aromatic amines is 1. The molecule has 0 saturated heterocycles. The van der Waals surface area contributed by atoms with E-state index in [0.29, 0.717) is 17.9 Å². The molecule has 2 aromatic carbocycles. The summed E-state index contributed by atoms with van der Waals surface area (Å²) in [6.07, 6.45) is 7.69. The fourth-order valence-electron chi connectivity index (χ4n) is 5.13. The summed E-state index contributed by atoms with van der Waals surface area (Å²) in [6, 6.07) is 12.1. The number of carbonyl (C=O) groups excluding carboxylic acids is 1. The molecule has 1 spiro atoms. The first-order valence-electron chi connectivity index (χ1n) is 10.7. The number of rotatable bonds is 4. The van der Waals surface area contributed by atoms with Gasteiger partial charge in [0.15, 0.2) is 0 Å². The Kier molecular flexibility index (Phi) is 4.23. The van der Waals surface area contributed by atoms with E-state index in [2.05, 4.69) is 39.6 Å². The molecule has 0 fully saturated rings. The molecular weight excluding hydrogens is 424 g/mol. The zero-order valence-corrected chi connectivity index (χ0v) is 18.3. The van der Waals surface area contributed by atoms with Crippen LogP contribution in [0.3, 0.4) is 0 Å². The average Bonchev–Trinajstić information content (AvgIpc) is 3.56. The van der Waals surface area contributed by atoms with Crippen LogP contribution in [0.2, 0.25) is 5.02 Å². The maximum Gasteiger partial charge on any atom is 0.243 e. The highest BCUT2D eigenvalue weighted by atomic mass is 35.5. The van der Waals surface area contributed by atoms with E-state index in [4.69, 9.17) is 11.6 Å². The van der Waals surface area contributed by atoms with Crippen LogP contribution >= 0.6 is 11.6 Å². The van der Waals surface area contributed by atoms with Crippen LogP contribution in [0.25, 0.3) is 11.3 Å². The summed E-state index contributed by atoms with van der Waals surface area (Å²) in [5.41, 5.74) is 6.16. The van der Waals surface area contributed by atoms with Gasteiger partial charge in [0.1, 0.15) is 5.69 Å². The molecule has 1 amide bonds. The number of nitrogens with zero attached hydrogens (tertiary/aromatic N) is 5. The van der Waals surface area contributed by atoms with Crippen LogP contribution in [0.4, 0.5) is 11.4 Å². The first kappa shape index (κ1) is 19.3. The fourth-order valence-corrected chi connectivity index (χ4v) is 5.29. The normalized spacial score (nSPS) is 19.1. The Morgan fingerprint density at radius 2 is 2.00 bits per heavy atom. The lowest BCUT2D eigenvalue weighted by atomic mass is 9.79. The van der Waals surface area contributed by atoms with Gasteiger partial charge in [-0.3, -0.25) is 14.4 Å².